The van der Waals surface area contributed by atoms with Gasteiger partial charge in [0.2, 0.25) is 0 Å². The fraction of sp³-hybridized carbons (Fsp3) is 0.214. The van der Waals surface area contributed by atoms with Crippen LogP contribution in [-0.4, -0.2) is 17.5 Å². The van der Waals surface area contributed by atoms with E-state index < -0.39 is 0 Å². The number of rotatable bonds is 4. The van der Waals surface area contributed by atoms with E-state index in [2.05, 4.69) is 5.32 Å². The Morgan fingerprint density at radius 3 is 2.61 bits per heavy atom. The van der Waals surface area contributed by atoms with Crippen molar-refractivity contribution < 1.29 is 4.79 Å². The van der Waals surface area contributed by atoms with Gasteiger partial charge in [0, 0.05) is 13.1 Å². The molecule has 1 heterocycles. The molecule has 18 heavy (non-hydrogen) atoms. The molecule has 0 unspecified atom stereocenters. The van der Waals surface area contributed by atoms with Crippen LogP contribution in [0.2, 0.25) is 0 Å². The molecule has 0 aliphatic carbocycles. The summed E-state index contributed by atoms with van der Waals surface area (Å²) in [6.45, 7) is 3.30. The number of hydrogen-bond acceptors (Lipinski definition) is 2. The zero-order valence-electron chi connectivity index (χ0n) is 10.3. The average molecular weight is 260 g/mol. The van der Waals surface area contributed by atoms with E-state index in [0.29, 0.717) is 13.1 Å². The molecule has 1 aromatic carbocycles. The summed E-state index contributed by atoms with van der Waals surface area (Å²) in [4.78, 5) is 13.9. The summed E-state index contributed by atoms with van der Waals surface area (Å²) in [5, 5.41) is 5.73. The fourth-order valence-electron chi connectivity index (χ4n) is 1.67. The Bertz CT molecular complexity index is 482. The number of benzene rings is 1. The maximum atomic E-state index is 12.1. The normalized spacial score (nSPS) is 10.1. The van der Waals surface area contributed by atoms with Crippen LogP contribution in [-0.2, 0) is 6.54 Å². The van der Waals surface area contributed by atoms with E-state index in [-0.39, 0.29) is 6.03 Å². The molecule has 94 valence electrons. The molecular formula is C14H16N2OS. The van der Waals surface area contributed by atoms with Gasteiger partial charge in [-0.3, -0.25) is 5.32 Å². The molecule has 0 radical (unpaired) electrons. The summed E-state index contributed by atoms with van der Waals surface area (Å²) >= 11 is 1.53. The number of thiophene rings is 1. The van der Waals surface area contributed by atoms with E-state index in [4.69, 9.17) is 0 Å². The maximum absolute atomic E-state index is 12.1. The molecule has 0 fully saturated rings. The van der Waals surface area contributed by atoms with E-state index in [1.54, 1.807) is 4.90 Å². The van der Waals surface area contributed by atoms with Crippen LogP contribution in [0.15, 0.2) is 47.8 Å². The Labute approximate surface area is 111 Å². The molecule has 0 bridgehead atoms. The summed E-state index contributed by atoms with van der Waals surface area (Å²) < 4.78 is 0. The highest BCUT2D eigenvalue weighted by molar-refractivity contribution is 7.14. The third-order valence-corrected chi connectivity index (χ3v) is 3.42. The van der Waals surface area contributed by atoms with Crippen molar-refractivity contribution in [2.45, 2.75) is 13.5 Å². The minimum absolute atomic E-state index is 0.0520. The molecule has 4 heteroatoms. The van der Waals surface area contributed by atoms with Crippen molar-refractivity contribution in [2.75, 3.05) is 11.9 Å². The minimum atomic E-state index is -0.0520. The molecule has 1 N–H and O–H groups in total. The topological polar surface area (TPSA) is 32.3 Å². The van der Waals surface area contributed by atoms with Gasteiger partial charge in [-0.1, -0.05) is 30.3 Å². The average Bonchev–Trinajstić information content (AvgIpc) is 2.90. The molecule has 0 atom stereocenters. The molecule has 2 aromatic rings. The summed E-state index contributed by atoms with van der Waals surface area (Å²) in [5.41, 5.74) is 1.14. The third kappa shape index (κ3) is 3.34. The van der Waals surface area contributed by atoms with Gasteiger partial charge in [-0.2, -0.15) is 0 Å². The molecule has 0 spiro atoms. The van der Waals surface area contributed by atoms with Crippen LogP contribution in [0.1, 0.15) is 12.5 Å². The highest BCUT2D eigenvalue weighted by atomic mass is 32.1. The van der Waals surface area contributed by atoms with Gasteiger partial charge in [-0.15, -0.1) is 11.3 Å². The molecule has 0 aliphatic heterocycles. The van der Waals surface area contributed by atoms with E-state index in [9.17, 15) is 4.79 Å². The van der Waals surface area contributed by atoms with E-state index in [1.165, 1.54) is 11.3 Å². The summed E-state index contributed by atoms with van der Waals surface area (Å²) in [7, 11) is 0. The van der Waals surface area contributed by atoms with Crippen molar-refractivity contribution in [3.8, 4) is 0 Å². The van der Waals surface area contributed by atoms with E-state index >= 15 is 0 Å². The first-order valence-electron chi connectivity index (χ1n) is 5.93. The molecule has 3 nitrogen and oxygen atoms in total. The standard InChI is InChI=1S/C14H16N2OS/c1-2-16(11-12-7-4-3-5-8-12)14(17)15-13-9-6-10-18-13/h3-10H,2,11H2,1H3,(H,15,17). The van der Waals surface area contributed by atoms with Crippen LogP contribution < -0.4 is 5.32 Å². The second-order valence-corrected chi connectivity index (χ2v) is 4.85. The number of amides is 2. The van der Waals surface area contributed by atoms with Crippen molar-refractivity contribution in [3.05, 3.63) is 53.4 Å². The Morgan fingerprint density at radius 1 is 1.22 bits per heavy atom. The summed E-state index contributed by atoms with van der Waals surface area (Å²) in [6.07, 6.45) is 0. The van der Waals surface area contributed by atoms with Crippen molar-refractivity contribution in [2.24, 2.45) is 0 Å². The second kappa shape index (κ2) is 6.21. The van der Waals surface area contributed by atoms with Crippen LogP contribution >= 0.6 is 11.3 Å². The predicted molar refractivity (Wildman–Crippen MR) is 75.9 cm³/mol. The fourth-order valence-corrected chi connectivity index (χ4v) is 2.27. The number of carbonyl (C=O) groups is 1. The Hall–Kier alpha value is -1.81. The molecular weight excluding hydrogens is 244 g/mol. The number of nitrogens with one attached hydrogen (secondary N) is 1. The lowest BCUT2D eigenvalue weighted by atomic mass is 10.2. The number of urea groups is 1. The summed E-state index contributed by atoms with van der Waals surface area (Å²) in [6, 6.07) is 13.8. The van der Waals surface area contributed by atoms with Crippen LogP contribution in [0.3, 0.4) is 0 Å². The molecule has 2 amide bonds. The molecule has 0 aliphatic rings. The maximum Gasteiger partial charge on any atom is 0.322 e. The number of anilines is 1. The number of nitrogens with zero attached hydrogens (tertiary/aromatic N) is 1. The lowest BCUT2D eigenvalue weighted by Crippen LogP contribution is -2.34. The smallest absolute Gasteiger partial charge is 0.320 e. The molecule has 2 rings (SSSR count). The number of carbonyl (C=O) groups excluding carboxylic acids is 1. The lowest BCUT2D eigenvalue weighted by molar-refractivity contribution is 0.212. The SMILES string of the molecule is CCN(Cc1ccccc1)C(=O)Nc1cccs1. The van der Waals surface area contributed by atoms with Crippen LogP contribution in [0.4, 0.5) is 9.80 Å². The minimum Gasteiger partial charge on any atom is -0.320 e. The zero-order valence-corrected chi connectivity index (χ0v) is 11.1. The van der Waals surface area contributed by atoms with Crippen molar-refractivity contribution in [1.29, 1.82) is 0 Å². The monoisotopic (exact) mass is 260 g/mol. The third-order valence-electron chi connectivity index (χ3n) is 2.64. The van der Waals surface area contributed by atoms with Gasteiger partial charge in [-0.05, 0) is 30.0 Å². The van der Waals surface area contributed by atoms with Crippen molar-refractivity contribution in [1.82, 2.24) is 4.90 Å². The first-order valence-corrected chi connectivity index (χ1v) is 6.81. The van der Waals surface area contributed by atoms with Crippen LogP contribution in [0.5, 0.6) is 0 Å². The van der Waals surface area contributed by atoms with E-state index in [1.807, 2.05) is 54.8 Å². The first-order chi connectivity index (χ1) is 8.79. The molecule has 0 saturated carbocycles. The van der Waals surface area contributed by atoms with Gasteiger partial charge in [0.1, 0.15) is 0 Å². The molecule has 1 aromatic heterocycles. The zero-order chi connectivity index (χ0) is 12.8. The second-order valence-electron chi connectivity index (χ2n) is 3.91. The van der Waals surface area contributed by atoms with Gasteiger partial charge < -0.3 is 4.90 Å². The van der Waals surface area contributed by atoms with Gasteiger partial charge in [0.05, 0.1) is 5.00 Å². The van der Waals surface area contributed by atoms with Crippen molar-refractivity contribution >= 4 is 22.4 Å². The van der Waals surface area contributed by atoms with Crippen LogP contribution in [0, 0.1) is 0 Å². The van der Waals surface area contributed by atoms with Gasteiger partial charge in [-0.25, -0.2) is 4.79 Å². The highest BCUT2D eigenvalue weighted by Crippen LogP contribution is 2.16. The largest absolute Gasteiger partial charge is 0.322 e. The van der Waals surface area contributed by atoms with Gasteiger partial charge in [0.15, 0.2) is 0 Å². The Balaban J connectivity index is 1.98. The van der Waals surface area contributed by atoms with Gasteiger partial charge in [0.25, 0.3) is 0 Å². The first kappa shape index (κ1) is 12.6. The highest BCUT2D eigenvalue weighted by Gasteiger charge is 2.12. The quantitative estimate of drug-likeness (QED) is 0.891. The van der Waals surface area contributed by atoms with Gasteiger partial charge >= 0.3 is 6.03 Å². The number of hydrogen-bond donors (Lipinski definition) is 1. The lowest BCUT2D eigenvalue weighted by Gasteiger charge is -2.21. The molecule has 0 saturated heterocycles. The summed E-state index contributed by atoms with van der Waals surface area (Å²) in [5.74, 6) is 0. The van der Waals surface area contributed by atoms with E-state index in [0.717, 1.165) is 10.6 Å². The Morgan fingerprint density at radius 2 is 2.00 bits per heavy atom. The Kier molecular flexibility index (Phi) is 4.36. The van der Waals surface area contributed by atoms with Crippen LogP contribution in [0.25, 0.3) is 0 Å². The van der Waals surface area contributed by atoms with Crippen molar-refractivity contribution in [3.63, 3.8) is 0 Å². The predicted octanol–water partition coefficient (Wildman–Crippen LogP) is 3.80.